The van der Waals surface area contributed by atoms with Gasteiger partial charge in [-0.2, -0.15) is 0 Å². The zero-order valence-electron chi connectivity index (χ0n) is 9.53. The van der Waals surface area contributed by atoms with Crippen LogP contribution in [0.15, 0.2) is 0 Å². The Balaban J connectivity index is 2.45. The fourth-order valence-corrected chi connectivity index (χ4v) is 1.61. The van der Waals surface area contributed by atoms with E-state index >= 15 is 0 Å². The maximum absolute atomic E-state index is 9.61. The van der Waals surface area contributed by atoms with Crippen LogP contribution in [-0.2, 0) is 0 Å². The van der Waals surface area contributed by atoms with Gasteiger partial charge in [-0.25, -0.2) is 0 Å². The Morgan fingerprint density at radius 3 is 2.36 bits per heavy atom. The second-order valence-electron chi connectivity index (χ2n) is 5.09. The fourth-order valence-electron chi connectivity index (χ4n) is 1.61. The number of hydrogen-bond donors (Lipinski definition) is 2. The lowest BCUT2D eigenvalue weighted by molar-refractivity contribution is 0.0276. The van der Waals surface area contributed by atoms with Gasteiger partial charge < -0.3 is 10.2 Å². The van der Waals surface area contributed by atoms with Gasteiger partial charge in [-0.3, -0.25) is 4.90 Å². The number of aliphatic hydroxyl groups excluding tert-OH is 2. The van der Waals surface area contributed by atoms with Crippen molar-refractivity contribution in [2.45, 2.75) is 45.8 Å². The van der Waals surface area contributed by atoms with Crippen LogP contribution in [0.4, 0.5) is 0 Å². The summed E-state index contributed by atoms with van der Waals surface area (Å²) in [7, 11) is 0. The van der Waals surface area contributed by atoms with Crippen molar-refractivity contribution >= 4 is 0 Å². The highest BCUT2D eigenvalue weighted by Gasteiger charge is 2.34. The molecule has 3 heteroatoms. The van der Waals surface area contributed by atoms with E-state index in [9.17, 15) is 5.11 Å². The smallest absolute Gasteiger partial charge is 0.0575 e. The van der Waals surface area contributed by atoms with Crippen LogP contribution >= 0.6 is 0 Å². The predicted octanol–water partition coefficient (Wildman–Crippen LogP) is 0.850. The molecule has 14 heavy (non-hydrogen) atoms. The van der Waals surface area contributed by atoms with Gasteiger partial charge >= 0.3 is 0 Å². The highest BCUT2D eigenvalue weighted by Crippen LogP contribution is 2.31. The van der Waals surface area contributed by atoms with Gasteiger partial charge in [0.2, 0.25) is 0 Å². The summed E-state index contributed by atoms with van der Waals surface area (Å²) >= 11 is 0. The third-order valence-corrected chi connectivity index (χ3v) is 3.19. The van der Waals surface area contributed by atoms with Crippen LogP contribution in [0.1, 0.15) is 33.6 Å². The Kier molecular flexibility index (Phi) is 3.93. The van der Waals surface area contributed by atoms with Crippen LogP contribution < -0.4 is 0 Å². The molecule has 0 bridgehead atoms. The van der Waals surface area contributed by atoms with Crippen LogP contribution in [-0.4, -0.2) is 47.0 Å². The van der Waals surface area contributed by atoms with E-state index in [1.807, 2.05) is 6.92 Å². The lowest BCUT2D eigenvalue weighted by Gasteiger charge is -2.34. The second-order valence-corrected chi connectivity index (χ2v) is 5.09. The molecule has 3 nitrogen and oxygen atoms in total. The van der Waals surface area contributed by atoms with Gasteiger partial charge in [-0.05, 0) is 19.8 Å². The summed E-state index contributed by atoms with van der Waals surface area (Å²) in [4.78, 5) is 2.30. The lowest BCUT2D eigenvalue weighted by atomic mass is 9.87. The maximum Gasteiger partial charge on any atom is 0.0575 e. The molecule has 1 aliphatic rings. The van der Waals surface area contributed by atoms with Gasteiger partial charge in [0.15, 0.2) is 0 Å². The first-order chi connectivity index (χ1) is 6.47. The summed E-state index contributed by atoms with van der Waals surface area (Å²) in [5.74, 6) is 0. The van der Waals surface area contributed by atoms with Crippen LogP contribution in [0.5, 0.6) is 0 Å². The molecule has 0 aromatic heterocycles. The molecule has 1 atom stereocenters. The van der Waals surface area contributed by atoms with Crippen molar-refractivity contribution in [2.24, 2.45) is 5.41 Å². The monoisotopic (exact) mass is 201 g/mol. The van der Waals surface area contributed by atoms with E-state index in [1.54, 1.807) is 0 Å². The van der Waals surface area contributed by atoms with Crippen molar-refractivity contribution in [1.29, 1.82) is 0 Å². The van der Waals surface area contributed by atoms with Gasteiger partial charge in [0.05, 0.1) is 12.7 Å². The molecule has 0 heterocycles. The molecule has 0 saturated heterocycles. The second kappa shape index (κ2) is 4.60. The van der Waals surface area contributed by atoms with Crippen LogP contribution in [0.2, 0.25) is 0 Å². The minimum absolute atomic E-state index is 0.0856. The van der Waals surface area contributed by atoms with Crippen LogP contribution in [0, 0.1) is 5.41 Å². The zero-order chi connectivity index (χ0) is 10.8. The van der Waals surface area contributed by atoms with E-state index < -0.39 is 0 Å². The highest BCUT2D eigenvalue weighted by molar-refractivity contribution is 4.88. The quantitative estimate of drug-likeness (QED) is 0.669. The molecule has 1 aliphatic carbocycles. The summed E-state index contributed by atoms with van der Waals surface area (Å²) in [5.41, 5.74) is -0.0856. The third kappa shape index (κ3) is 3.23. The molecule has 1 rings (SSSR count). The van der Waals surface area contributed by atoms with Gasteiger partial charge in [0.25, 0.3) is 0 Å². The number of nitrogens with zero attached hydrogens (tertiary/aromatic N) is 1. The number of hydrogen-bond acceptors (Lipinski definition) is 3. The summed E-state index contributed by atoms with van der Waals surface area (Å²) in [5, 5.41) is 18.6. The minimum atomic E-state index is -0.303. The Morgan fingerprint density at radius 2 is 2.00 bits per heavy atom. The molecule has 0 aromatic carbocycles. The summed E-state index contributed by atoms with van der Waals surface area (Å²) < 4.78 is 0. The SMILES string of the molecule is CC(O)C(C)(C)CN(CCO)C1CC1. The van der Waals surface area contributed by atoms with Crippen molar-refractivity contribution in [3.05, 3.63) is 0 Å². The van der Waals surface area contributed by atoms with E-state index in [-0.39, 0.29) is 18.1 Å². The summed E-state index contributed by atoms with van der Waals surface area (Å²) in [6, 6.07) is 0.653. The molecule has 0 radical (unpaired) electrons. The van der Waals surface area contributed by atoms with E-state index in [4.69, 9.17) is 5.11 Å². The van der Waals surface area contributed by atoms with E-state index in [0.717, 1.165) is 13.1 Å². The van der Waals surface area contributed by atoms with E-state index in [0.29, 0.717) is 6.04 Å². The van der Waals surface area contributed by atoms with Gasteiger partial charge in [0, 0.05) is 24.5 Å². The lowest BCUT2D eigenvalue weighted by Crippen LogP contribution is -2.42. The molecule has 2 N–H and O–H groups in total. The van der Waals surface area contributed by atoms with E-state index in [2.05, 4.69) is 18.7 Å². The summed E-state index contributed by atoms with van der Waals surface area (Å²) in [6.45, 7) is 7.81. The fraction of sp³-hybridized carbons (Fsp3) is 1.00. The van der Waals surface area contributed by atoms with Crippen molar-refractivity contribution < 1.29 is 10.2 Å². The predicted molar refractivity (Wildman–Crippen MR) is 57.1 cm³/mol. The molecule has 1 fully saturated rings. The average Bonchev–Trinajstić information content (AvgIpc) is 2.85. The molecule has 1 saturated carbocycles. The van der Waals surface area contributed by atoms with Gasteiger partial charge in [-0.1, -0.05) is 13.8 Å². The molecule has 0 aromatic rings. The molecule has 0 aliphatic heterocycles. The molecule has 0 spiro atoms. The van der Waals surface area contributed by atoms with Crippen molar-refractivity contribution in [3.8, 4) is 0 Å². The van der Waals surface area contributed by atoms with Crippen molar-refractivity contribution in [1.82, 2.24) is 4.90 Å². The first-order valence-electron chi connectivity index (χ1n) is 5.50. The molecular weight excluding hydrogens is 178 g/mol. The first kappa shape index (κ1) is 12.0. The average molecular weight is 201 g/mol. The normalized spacial score (nSPS) is 20.1. The topological polar surface area (TPSA) is 43.7 Å². The summed E-state index contributed by atoms with van der Waals surface area (Å²) in [6.07, 6.45) is 2.19. The van der Waals surface area contributed by atoms with Gasteiger partial charge in [0.1, 0.15) is 0 Å². The maximum atomic E-state index is 9.61. The molecule has 1 unspecified atom stereocenters. The third-order valence-electron chi connectivity index (χ3n) is 3.19. The van der Waals surface area contributed by atoms with Crippen molar-refractivity contribution in [3.63, 3.8) is 0 Å². The largest absolute Gasteiger partial charge is 0.395 e. The first-order valence-corrected chi connectivity index (χ1v) is 5.50. The Labute approximate surface area is 86.7 Å². The zero-order valence-corrected chi connectivity index (χ0v) is 9.53. The molecule has 84 valence electrons. The van der Waals surface area contributed by atoms with Crippen LogP contribution in [0.3, 0.4) is 0 Å². The molecule has 0 amide bonds. The van der Waals surface area contributed by atoms with Crippen LogP contribution in [0.25, 0.3) is 0 Å². The molecular formula is C11H23NO2. The van der Waals surface area contributed by atoms with Gasteiger partial charge in [-0.15, -0.1) is 0 Å². The van der Waals surface area contributed by atoms with E-state index in [1.165, 1.54) is 12.8 Å². The number of aliphatic hydroxyl groups is 2. The Bertz CT molecular complexity index is 176. The Morgan fingerprint density at radius 1 is 1.43 bits per heavy atom. The highest BCUT2D eigenvalue weighted by atomic mass is 16.3. The Hall–Kier alpha value is -0.120. The minimum Gasteiger partial charge on any atom is -0.395 e. The standard InChI is InChI=1S/C11H23NO2/c1-9(14)11(2,3)8-12(6-7-13)10-4-5-10/h9-10,13-14H,4-8H2,1-3H3. The number of rotatable bonds is 6. The van der Waals surface area contributed by atoms with Crippen molar-refractivity contribution in [2.75, 3.05) is 19.7 Å².